The lowest BCUT2D eigenvalue weighted by atomic mass is 9.83. The Hall–Kier alpha value is -6.58. The first kappa shape index (κ1) is 29.6. The number of benzene rings is 6. The van der Waals surface area contributed by atoms with Gasteiger partial charge in [-0.2, -0.15) is 0 Å². The second-order valence-electron chi connectivity index (χ2n) is 12.6. The van der Waals surface area contributed by atoms with Crippen molar-refractivity contribution < 1.29 is 0 Å². The molecule has 0 aliphatic carbocycles. The molecule has 1 N–H and O–H groups in total. The number of aromatic nitrogens is 2. The highest BCUT2D eigenvalue weighted by molar-refractivity contribution is 6.05. The third-order valence-corrected chi connectivity index (χ3v) is 9.45. The van der Waals surface area contributed by atoms with E-state index in [4.69, 9.17) is 9.97 Å². The largest absolute Gasteiger partial charge is 0.379 e. The van der Waals surface area contributed by atoms with Crippen LogP contribution in [0.5, 0.6) is 0 Å². The van der Waals surface area contributed by atoms with E-state index in [1.165, 1.54) is 5.56 Å². The topological polar surface area (TPSA) is 37.8 Å². The summed E-state index contributed by atoms with van der Waals surface area (Å²) in [6, 6.07) is 60.0. The first-order valence-corrected chi connectivity index (χ1v) is 17.1. The second-order valence-corrected chi connectivity index (χ2v) is 12.6. The zero-order valence-electron chi connectivity index (χ0n) is 27.4. The standard InChI is InChI=1S/C47H33N3/c1-5-15-32(16-6-1)42-41(39-24-13-23-38(31-39)40-29-28-37-27-26-36-25-14-30-48-46(36)47(37)49-40)43(33-17-7-2-8-18-33)45(35-21-11-4-12-22-35)50-44(42)34-19-9-3-10-20-34/h1-29,31,48H,30H2. The minimum Gasteiger partial charge on any atom is -0.379 e. The Kier molecular flexibility index (Phi) is 7.56. The first-order valence-electron chi connectivity index (χ1n) is 17.1. The zero-order valence-corrected chi connectivity index (χ0v) is 27.4. The van der Waals surface area contributed by atoms with Gasteiger partial charge < -0.3 is 5.32 Å². The SMILES string of the molecule is C1=Cc2ccc3ccc(-c4cccc(-c5c(-c6ccccc6)c(-c6ccccc6)nc(-c6ccccc6)c5-c5ccccc5)c4)nc3c2NC1. The van der Waals surface area contributed by atoms with Gasteiger partial charge in [0, 0.05) is 45.3 Å². The van der Waals surface area contributed by atoms with Crippen LogP contribution >= 0.6 is 0 Å². The lowest BCUT2D eigenvalue weighted by molar-refractivity contribution is 1.30. The highest BCUT2D eigenvalue weighted by atomic mass is 14.9. The molecular formula is C47H33N3. The van der Waals surface area contributed by atoms with Crippen molar-refractivity contribution in [1.29, 1.82) is 0 Å². The van der Waals surface area contributed by atoms with Crippen LogP contribution in [0.25, 0.3) is 84.1 Å². The van der Waals surface area contributed by atoms with Crippen molar-refractivity contribution in [2.75, 3.05) is 11.9 Å². The molecule has 0 saturated carbocycles. The van der Waals surface area contributed by atoms with Gasteiger partial charge in [-0.25, -0.2) is 9.97 Å². The summed E-state index contributed by atoms with van der Waals surface area (Å²) >= 11 is 0. The fourth-order valence-electron chi connectivity index (χ4n) is 7.13. The van der Waals surface area contributed by atoms with Crippen LogP contribution < -0.4 is 5.32 Å². The molecule has 3 heterocycles. The molecule has 50 heavy (non-hydrogen) atoms. The molecule has 0 saturated heterocycles. The van der Waals surface area contributed by atoms with Crippen molar-refractivity contribution >= 4 is 22.7 Å². The normalized spacial score (nSPS) is 12.0. The van der Waals surface area contributed by atoms with E-state index in [-0.39, 0.29) is 0 Å². The number of rotatable bonds is 6. The number of hydrogen-bond donors (Lipinski definition) is 1. The Morgan fingerprint density at radius 3 is 1.54 bits per heavy atom. The summed E-state index contributed by atoms with van der Waals surface area (Å²) in [5.41, 5.74) is 16.0. The van der Waals surface area contributed by atoms with Gasteiger partial charge in [0.2, 0.25) is 0 Å². The monoisotopic (exact) mass is 639 g/mol. The van der Waals surface area contributed by atoms with E-state index in [2.05, 4.69) is 187 Å². The van der Waals surface area contributed by atoms with Crippen molar-refractivity contribution in [3.8, 4) is 67.2 Å². The highest BCUT2D eigenvalue weighted by Crippen LogP contribution is 2.49. The van der Waals surface area contributed by atoms with E-state index in [9.17, 15) is 0 Å². The van der Waals surface area contributed by atoms with Gasteiger partial charge in [-0.15, -0.1) is 0 Å². The number of fused-ring (bicyclic) bond motifs is 3. The smallest absolute Gasteiger partial charge is 0.0947 e. The van der Waals surface area contributed by atoms with Crippen LogP contribution in [0.3, 0.4) is 0 Å². The molecule has 6 aromatic carbocycles. The number of hydrogen-bond acceptors (Lipinski definition) is 3. The van der Waals surface area contributed by atoms with E-state index in [1.807, 2.05) is 0 Å². The summed E-state index contributed by atoms with van der Waals surface area (Å²) < 4.78 is 0. The number of anilines is 1. The van der Waals surface area contributed by atoms with Gasteiger partial charge in [-0.3, -0.25) is 0 Å². The minimum atomic E-state index is 0.799. The van der Waals surface area contributed by atoms with Gasteiger partial charge in [0.1, 0.15) is 0 Å². The van der Waals surface area contributed by atoms with Crippen molar-refractivity contribution in [1.82, 2.24) is 9.97 Å². The van der Waals surface area contributed by atoms with Crippen LogP contribution in [-0.2, 0) is 0 Å². The molecule has 1 aliphatic rings. The minimum absolute atomic E-state index is 0.799. The van der Waals surface area contributed by atoms with Crippen LogP contribution in [-0.4, -0.2) is 16.5 Å². The van der Waals surface area contributed by atoms with Crippen molar-refractivity contribution in [2.45, 2.75) is 0 Å². The lowest BCUT2D eigenvalue weighted by Gasteiger charge is -2.23. The third-order valence-electron chi connectivity index (χ3n) is 9.45. The van der Waals surface area contributed by atoms with E-state index in [0.717, 1.165) is 90.3 Å². The van der Waals surface area contributed by atoms with Crippen LogP contribution in [0, 0.1) is 0 Å². The molecule has 2 aromatic heterocycles. The van der Waals surface area contributed by atoms with E-state index in [0.29, 0.717) is 0 Å². The summed E-state index contributed by atoms with van der Waals surface area (Å²) in [6.07, 6.45) is 4.33. The van der Waals surface area contributed by atoms with E-state index >= 15 is 0 Å². The average Bonchev–Trinajstić information content (AvgIpc) is 3.21. The predicted molar refractivity (Wildman–Crippen MR) is 210 cm³/mol. The maximum Gasteiger partial charge on any atom is 0.0947 e. The van der Waals surface area contributed by atoms with Gasteiger partial charge >= 0.3 is 0 Å². The molecule has 0 amide bonds. The number of nitrogens with zero attached hydrogens (tertiary/aromatic N) is 2. The Labute approximate surface area is 292 Å². The zero-order chi connectivity index (χ0) is 33.3. The van der Waals surface area contributed by atoms with E-state index in [1.54, 1.807) is 0 Å². The van der Waals surface area contributed by atoms with Crippen molar-refractivity contribution in [3.05, 3.63) is 181 Å². The highest BCUT2D eigenvalue weighted by Gasteiger charge is 2.25. The van der Waals surface area contributed by atoms with Crippen LogP contribution in [0.15, 0.2) is 176 Å². The summed E-state index contributed by atoms with van der Waals surface area (Å²) in [7, 11) is 0. The Bertz CT molecular complexity index is 2400. The van der Waals surface area contributed by atoms with Gasteiger partial charge in [0.05, 0.1) is 28.3 Å². The Balaban J connectivity index is 1.37. The molecule has 0 atom stereocenters. The van der Waals surface area contributed by atoms with Crippen molar-refractivity contribution in [2.24, 2.45) is 0 Å². The second kappa shape index (κ2) is 12.8. The lowest BCUT2D eigenvalue weighted by Crippen LogP contribution is -2.05. The summed E-state index contributed by atoms with van der Waals surface area (Å²) in [6.45, 7) is 0.799. The molecule has 3 nitrogen and oxygen atoms in total. The number of nitrogens with one attached hydrogen (secondary N) is 1. The molecule has 0 radical (unpaired) electrons. The van der Waals surface area contributed by atoms with Crippen LogP contribution in [0.1, 0.15) is 5.56 Å². The predicted octanol–water partition coefficient (Wildman–Crippen LogP) is 12.1. The maximum atomic E-state index is 5.58. The van der Waals surface area contributed by atoms with Crippen LogP contribution in [0.2, 0.25) is 0 Å². The molecule has 0 fully saturated rings. The van der Waals surface area contributed by atoms with Gasteiger partial charge in [-0.1, -0.05) is 170 Å². The van der Waals surface area contributed by atoms with Crippen LogP contribution in [0.4, 0.5) is 5.69 Å². The molecule has 0 spiro atoms. The Morgan fingerprint density at radius 2 is 0.940 bits per heavy atom. The Morgan fingerprint density at radius 1 is 0.420 bits per heavy atom. The van der Waals surface area contributed by atoms with Gasteiger partial charge in [0.15, 0.2) is 0 Å². The quantitative estimate of drug-likeness (QED) is 0.197. The summed E-state index contributed by atoms with van der Waals surface area (Å²) in [4.78, 5) is 10.9. The van der Waals surface area contributed by atoms with Gasteiger partial charge in [0.25, 0.3) is 0 Å². The summed E-state index contributed by atoms with van der Waals surface area (Å²) in [5.74, 6) is 0. The molecule has 8 aromatic rings. The summed E-state index contributed by atoms with van der Waals surface area (Å²) in [5, 5.41) is 4.68. The molecule has 236 valence electrons. The average molecular weight is 640 g/mol. The molecule has 1 aliphatic heterocycles. The molecule has 9 rings (SSSR count). The maximum absolute atomic E-state index is 5.58. The molecular weight excluding hydrogens is 607 g/mol. The van der Waals surface area contributed by atoms with Gasteiger partial charge in [-0.05, 0) is 34.4 Å². The first-order chi connectivity index (χ1) is 24.8. The molecule has 3 heteroatoms. The molecule has 0 bridgehead atoms. The molecule has 0 unspecified atom stereocenters. The van der Waals surface area contributed by atoms with Crippen molar-refractivity contribution in [3.63, 3.8) is 0 Å². The fourth-order valence-corrected chi connectivity index (χ4v) is 7.13. The van der Waals surface area contributed by atoms with E-state index < -0.39 is 0 Å². The fraction of sp³-hybridized carbons (Fsp3) is 0.0213. The number of pyridine rings is 2. The third kappa shape index (κ3) is 5.35.